The molecule has 0 radical (unpaired) electrons. The second-order valence-corrected chi connectivity index (χ2v) is 7.86. The van der Waals surface area contributed by atoms with Gasteiger partial charge in [0.25, 0.3) is 5.91 Å². The van der Waals surface area contributed by atoms with Crippen molar-refractivity contribution < 1.29 is 14.3 Å². The minimum Gasteiger partial charge on any atom is -0.482 e. The first kappa shape index (κ1) is 13.8. The molecule has 1 aliphatic rings. The van der Waals surface area contributed by atoms with Crippen molar-refractivity contribution in [2.24, 2.45) is 0 Å². The summed E-state index contributed by atoms with van der Waals surface area (Å²) in [6, 6.07) is 6.78. The summed E-state index contributed by atoms with van der Waals surface area (Å²) in [5.41, 5.74) is 1.61. The average Bonchev–Trinajstić information content (AvgIpc) is 2.76. The molecule has 7 heteroatoms. The van der Waals surface area contributed by atoms with E-state index in [-0.39, 0.29) is 18.3 Å². The number of fused-ring (bicyclic) bond motifs is 1. The Labute approximate surface area is 135 Å². The van der Waals surface area contributed by atoms with E-state index in [0.717, 1.165) is 7.57 Å². The van der Waals surface area contributed by atoms with Crippen LogP contribution in [0.5, 0.6) is 5.75 Å². The Balaban J connectivity index is 1.99. The highest BCUT2D eigenvalue weighted by atomic mass is 79.9. The van der Waals surface area contributed by atoms with Crippen LogP contribution in [0.1, 0.15) is 15.9 Å². The Morgan fingerprint density at radius 2 is 2.10 bits per heavy atom. The van der Waals surface area contributed by atoms with Gasteiger partial charge in [-0.2, -0.15) is 0 Å². The number of carbonyl (C=O) groups excluding carboxylic acids is 2. The zero-order valence-corrected chi connectivity index (χ0v) is 13.9. The number of hydrogen-bond donors (Lipinski definition) is 1. The fraction of sp³-hybridized carbons (Fsp3) is 0.0769. The molecule has 0 unspecified atom stereocenters. The molecule has 1 amide bonds. The Morgan fingerprint density at radius 3 is 2.80 bits per heavy atom. The van der Waals surface area contributed by atoms with E-state index < -0.39 is 0 Å². The maximum atomic E-state index is 12.5. The lowest BCUT2D eigenvalue weighted by Crippen LogP contribution is -2.25. The number of ether oxygens (including phenoxy) is 1. The van der Waals surface area contributed by atoms with Crippen LogP contribution in [0.15, 0.2) is 31.8 Å². The lowest BCUT2D eigenvalue weighted by molar-refractivity contribution is -0.118. The van der Waals surface area contributed by atoms with Gasteiger partial charge in [-0.25, -0.2) is 0 Å². The van der Waals surface area contributed by atoms with Crippen LogP contribution in [-0.2, 0) is 4.79 Å². The third-order valence-electron chi connectivity index (χ3n) is 2.78. The molecular formula is C13H7Br2NO3S. The van der Waals surface area contributed by atoms with Gasteiger partial charge in [-0.3, -0.25) is 9.59 Å². The summed E-state index contributed by atoms with van der Waals surface area (Å²) in [5.74, 6) is 0.245. The van der Waals surface area contributed by atoms with Crippen molar-refractivity contribution in [2.75, 3.05) is 11.9 Å². The quantitative estimate of drug-likeness (QED) is 0.756. The summed E-state index contributed by atoms with van der Waals surface area (Å²) in [4.78, 5) is 23.8. The highest BCUT2D eigenvalue weighted by Crippen LogP contribution is 2.35. The topological polar surface area (TPSA) is 55.4 Å². The Kier molecular flexibility index (Phi) is 3.66. The SMILES string of the molecule is O=C1COc2ccc(C(=O)c3cc(Br)sc3Br)cc2N1. The number of nitrogens with one attached hydrogen (secondary N) is 1. The third-order valence-corrected chi connectivity index (χ3v) is 5.12. The standard InChI is InChI=1S/C13H7Br2NO3S/c14-10-4-7(13(15)20-10)12(18)6-1-2-9-8(3-6)16-11(17)5-19-9/h1-4H,5H2,(H,16,17). The molecule has 0 bridgehead atoms. The van der Waals surface area contributed by atoms with Crippen LogP contribution in [0, 0.1) is 0 Å². The zero-order valence-electron chi connectivity index (χ0n) is 9.91. The van der Waals surface area contributed by atoms with Gasteiger partial charge in [0.15, 0.2) is 12.4 Å². The van der Waals surface area contributed by atoms with E-state index in [1.54, 1.807) is 24.3 Å². The normalized spacial score (nSPS) is 13.4. The van der Waals surface area contributed by atoms with Crippen molar-refractivity contribution in [1.82, 2.24) is 0 Å². The van der Waals surface area contributed by atoms with Gasteiger partial charge in [0.1, 0.15) is 5.75 Å². The highest BCUT2D eigenvalue weighted by Gasteiger charge is 2.20. The molecule has 1 aliphatic heterocycles. The minimum atomic E-state index is -0.221. The summed E-state index contributed by atoms with van der Waals surface area (Å²) >= 11 is 8.16. The number of ketones is 1. The number of hydrogen-bond acceptors (Lipinski definition) is 4. The van der Waals surface area contributed by atoms with Crippen LogP contribution >= 0.6 is 43.2 Å². The van der Waals surface area contributed by atoms with E-state index in [1.807, 2.05) is 0 Å². The van der Waals surface area contributed by atoms with Crippen LogP contribution in [-0.4, -0.2) is 18.3 Å². The maximum absolute atomic E-state index is 12.5. The average molecular weight is 417 g/mol. The van der Waals surface area contributed by atoms with E-state index in [9.17, 15) is 9.59 Å². The molecule has 3 rings (SSSR count). The zero-order chi connectivity index (χ0) is 14.3. The molecule has 0 atom stereocenters. The van der Waals surface area contributed by atoms with Gasteiger partial charge in [-0.1, -0.05) is 0 Å². The highest BCUT2D eigenvalue weighted by molar-refractivity contribution is 9.12. The van der Waals surface area contributed by atoms with E-state index in [1.165, 1.54) is 11.3 Å². The summed E-state index contributed by atoms with van der Waals surface area (Å²) in [5, 5.41) is 2.69. The predicted molar refractivity (Wildman–Crippen MR) is 83.7 cm³/mol. The van der Waals surface area contributed by atoms with Crippen LogP contribution in [0.4, 0.5) is 5.69 Å². The first-order valence-corrected chi connectivity index (χ1v) is 8.01. The van der Waals surface area contributed by atoms with Gasteiger partial charge >= 0.3 is 0 Å². The second kappa shape index (κ2) is 5.31. The lowest BCUT2D eigenvalue weighted by Gasteiger charge is -2.18. The van der Waals surface area contributed by atoms with Crippen LogP contribution in [0.3, 0.4) is 0 Å². The van der Waals surface area contributed by atoms with Crippen molar-refractivity contribution in [1.29, 1.82) is 0 Å². The molecule has 0 fully saturated rings. The summed E-state index contributed by atoms with van der Waals surface area (Å²) < 4.78 is 6.91. The maximum Gasteiger partial charge on any atom is 0.262 e. The molecule has 0 saturated heterocycles. The van der Waals surface area contributed by atoms with E-state index >= 15 is 0 Å². The van der Waals surface area contributed by atoms with Gasteiger partial charge in [0.05, 0.1) is 13.3 Å². The van der Waals surface area contributed by atoms with Crippen LogP contribution < -0.4 is 10.1 Å². The van der Waals surface area contributed by atoms with E-state index in [2.05, 4.69) is 37.2 Å². The van der Waals surface area contributed by atoms with Gasteiger partial charge in [0, 0.05) is 11.1 Å². The first-order chi connectivity index (χ1) is 9.54. The summed E-state index contributed by atoms with van der Waals surface area (Å²) in [6.45, 7) is 0.00329. The van der Waals surface area contributed by atoms with Crippen LogP contribution in [0.25, 0.3) is 0 Å². The molecule has 1 N–H and O–H groups in total. The third kappa shape index (κ3) is 2.53. The predicted octanol–water partition coefficient (Wildman–Crippen LogP) is 3.84. The number of amides is 1. The Hall–Kier alpha value is -1.18. The summed E-state index contributed by atoms with van der Waals surface area (Å²) in [7, 11) is 0. The van der Waals surface area contributed by atoms with Gasteiger partial charge in [-0.15, -0.1) is 11.3 Å². The molecule has 0 spiro atoms. The van der Waals surface area contributed by atoms with Crippen molar-refractivity contribution in [3.8, 4) is 5.75 Å². The lowest BCUT2D eigenvalue weighted by atomic mass is 10.0. The fourth-order valence-electron chi connectivity index (χ4n) is 1.87. The molecule has 2 aromatic rings. The van der Waals surface area contributed by atoms with Crippen molar-refractivity contribution in [3.05, 3.63) is 43.0 Å². The van der Waals surface area contributed by atoms with Crippen LogP contribution in [0.2, 0.25) is 0 Å². The fourth-order valence-corrected chi connectivity index (χ4v) is 4.67. The largest absolute Gasteiger partial charge is 0.482 e. The molecule has 1 aromatic heterocycles. The number of halogens is 2. The van der Waals surface area contributed by atoms with Gasteiger partial charge in [-0.05, 0) is 56.1 Å². The van der Waals surface area contributed by atoms with E-state index in [4.69, 9.17) is 4.74 Å². The first-order valence-electron chi connectivity index (χ1n) is 5.61. The molecule has 0 saturated carbocycles. The second-order valence-electron chi connectivity index (χ2n) is 4.11. The molecule has 102 valence electrons. The molecule has 4 nitrogen and oxygen atoms in total. The molecule has 1 aromatic carbocycles. The molecule has 0 aliphatic carbocycles. The molecule has 2 heterocycles. The molecule has 20 heavy (non-hydrogen) atoms. The van der Waals surface area contributed by atoms with Crippen molar-refractivity contribution in [2.45, 2.75) is 0 Å². The van der Waals surface area contributed by atoms with E-state index in [0.29, 0.717) is 22.6 Å². The van der Waals surface area contributed by atoms with Crippen molar-refractivity contribution >= 4 is 60.6 Å². The minimum absolute atomic E-state index is 0.00329. The Morgan fingerprint density at radius 1 is 1.30 bits per heavy atom. The number of benzene rings is 1. The molecular weight excluding hydrogens is 410 g/mol. The summed E-state index contributed by atoms with van der Waals surface area (Å²) in [6.07, 6.45) is 0. The monoisotopic (exact) mass is 415 g/mol. The van der Waals surface area contributed by atoms with Gasteiger partial charge in [0.2, 0.25) is 0 Å². The number of rotatable bonds is 2. The smallest absolute Gasteiger partial charge is 0.262 e. The number of thiophene rings is 1. The van der Waals surface area contributed by atoms with Crippen molar-refractivity contribution in [3.63, 3.8) is 0 Å². The Bertz CT molecular complexity index is 726. The number of anilines is 1. The van der Waals surface area contributed by atoms with Gasteiger partial charge < -0.3 is 10.1 Å². The number of carbonyl (C=O) groups is 2.